The summed E-state index contributed by atoms with van der Waals surface area (Å²) in [6, 6.07) is 5.68. The summed E-state index contributed by atoms with van der Waals surface area (Å²) in [5, 5.41) is 2.55. The van der Waals surface area contributed by atoms with Gasteiger partial charge in [0.05, 0.1) is 7.11 Å². The first-order valence-corrected chi connectivity index (χ1v) is 6.61. The van der Waals surface area contributed by atoms with Gasteiger partial charge in [0.15, 0.2) is 0 Å². The van der Waals surface area contributed by atoms with Crippen molar-refractivity contribution in [3.05, 3.63) is 28.2 Å². The van der Waals surface area contributed by atoms with Crippen LogP contribution in [0.3, 0.4) is 0 Å². The molecule has 0 heterocycles. The van der Waals surface area contributed by atoms with E-state index in [2.05, 4.69) is 26.0 Å². The van der Waals surface area contributed by atoms with Gasteiger partial charge in [0.25, 0.3) is 0 Å². The molecule has 19 heavy (non-hydrogen) atoms. The minimum atomic E-state index is -0.504. The number of benzene rings is 1. The van der Waals surface area contributed by atoms with Crippen molar-refractivity contribution < 1.29 is 14.3 Å². The van der Waals surface area contributed by atoms with Crippen molar-refractivity contribution in [2.24, 2.45) is 0 Å². The van der Waals surface area contributed by atoms with Gasteiger partial charge in [-0.25, -0.2) is 4.79 Å². The molecule has 1 N–H and O–H groups in total. The number of alkyl carbamates (subject to hydrolysis) is 1. The highest BCUT2D eigenvalue weighted by Gasteiger charge is 2.12. The first-order valence-electron chi connectivity index (χ1n) is 5.81. The predicted octanol–water partition coefficient (Wildman–Crippen LogP) is 2.47. The SMILES string of the molecule is COC(=O)NCCN(C(C)=O)c1ccc(Br)c(C)c1. The number of carbonyl (C=O) groups is 2. The monoisotopic (exact) mass is 328 g/mol. The number of rotatable bonds is 4. The summed E-state index contributed by atoms with van der Waals surface area (Å²) in [5.41, 5.74) is 1.85. The van der Waals surface area contributed by atoms with Gasteiger partial charge in [0, 0.05) is 30.2 Å². The van der Waals surface area contributed by atoms with Crippen LogP contribution < -0.4 is 10.2 Å². The van der Waals surface area contributed by atoms with E-state index in [-0.39, 0.29) is 5.91 Å². The minimum Gasteiger partial charge on any atom is -0.453 e. The van der Waals surface area contributed by atoms with E-state index in [1.807, 2.05) is 25.1 Å². The molecule has 1 aromatic rings. The number of aryl methyl sites for hydroxylation is 1. The molecule has 0 unspecified atom stereocenters. The Hall–Kier alpha value is -1.56. The number of anilines is 1. The van der Waals surface area contributed by atoms with Crippen molar-refractivity contribution in [1.82, 2.24) is 5.32 Å². The third-order valence-corrected chi connectivity index (χ3v) is 3.51. The number of nitrogens with zero attached hydrogens (tertiary/aromatic N) is 1. The maximum absolute atomic E-state index is 11.7. The molecular formula is C13H17BrN2O3. The number of halogens is 1. The summed E-state index contributed by atoms with van der Waals surface area (Å²) >= 11 is 3.42. The Morgan fingerprint density at radius 2 is 2.11 bits per heavy atom. The average Bonchev–Trinajstić information content (AvgIpc) is 2.37. The lowest BCUT2D eigenvalue weighted by molar-refractivity contribution is -0.116. The molecule has 0 aliphatic rings. The maximum atomic E-state index is 11.7. The summed E-state index contributed by atoms with van der Waals surface area (Å²) in [6.07, 6.45) is -0.504. The fraction of sp³-hybridized carbons (Fsp3) is 0.385. The Bertz CT molecular complexity index is 477. The quantitative estimate of drug-likeness (QED) is 0.923. The van der Waals surface area contributed by atoms with Gasteiger partial charge in [0.1, 0.15) is 0 Å². The molecule has 0 radical (unpaired) electrons. The molecule has 0 aliphatic heterocycles. The zero-order valence-electron chi connectivity index (χ0n) is 11.2. The van der Waals surface area contributed by atoms with Gasteiger partial charge in [0.2, 0.25) is 5.91 Å². The van der Waals surface area contributed by atoms with Crippen LogP contribution in [0, 0.1) is 6.92 Å². The summed E-state index contributed by atoms with van der Waals surface area (Å²) in [6.45, 7) is 4.18. The maximum Gasteiger partial charge on any atom is 0.406 e. The predicted molar refractivity (Wildman–Crippen MR) is 77.3 cm³/mol. The molecule has 0 saturated carbocycles. The average molecular weight is 329 g/mol. The van der Waals surface area contributed by atoms with Gasteiger partial charge >= 0.3 is 6.09 Å². The standard InChI is InChI=1S/C13H17BrN2O3/c1-9-8-11(4-5-12(9)14)16(10(2)17)7-6-15-13(18)19-3/h4-5,8H,6-7H2,1-3H3,(H,15,18). The van der Waals surface area contributed by atoms with Crippen LogP contribution in [-0.2, 0) is 9.53 Å². The molecule has 0 aliphatic carbocycles. The molecule has 6 heteroatoms. The van der Waals surface area contributed by atoms with Crippen LogP contribution >= 0.6 is 15.9 Å². The highest BCUT2D eigenvalue weighted by atomic mass is 79.9. The number of methoxy groups -OCH3 is 1. The zero-order valence-corrected chi connectivity index (χ0v) is 12.8. The third kappa shape index (κ3) is 4.55. The van der Waals surface area contributed by atoms with Gasteiger partial charge < -0.3 is 15.0 Å². The number of carbonyl (C=O) groups excluding carboxylic acids is 2. The molecule has 1 aromatic carbocycles. The molecule has 104 valence electrons. The van der Waals surface area contributed by atoms with Crippen LogP contribution in [0.25, 0.3) is 0 Å². The van der Waals surface area contributed by atoms with E-state index < -0.39 is 6.09 Å². The summed E-state index contributed by atoms with van der Waals surface area (Å²) in [4.78, 5) is 24.2. The fourth-order valence-corrected chi connectivity index (χ4v) is 1.85. The normalized spacial score (nSPS) is 9.89. The smallest absolute Gasteiger partial charge is 0.406 e. The highest BCUT2D eigenvalue weighted by Crippen LogP contribution is 2.22. The second-order valence-corrected chi connectivity index (χ2v) is 4.88. The molecule has 0 fully saturated rings. The Labute approximate surface area is 121 Å². The second kappa shape index (κ2) is 7.13. The van der Waals surface area contributed by atoms with Crippen LogP contribution in [0.5, 0.6) is 0 Å². The highest BCUT2D eigenvalue weighted by molar-refractivity contribution is 9.10. The van der Waals surface area contributed by atoms with Crippen LogP contribution in [-0.4, -0.2) is 32.2 Å². The third-order valence-electron chi connectivity index (χ3n) is 2.62. The molecule has 5 nitrogen and oxygen atoms in total. The molecular weight excluding hydrogens is 312 g/mol. The zero-order chi connectivity index (χ0) is 14.4. The van der Waals surface area contributed by atoms with Crippen LogP contribution in [0.4, 0.5) is 10.5 Å². The van der Waals surface area contributed by atoms with Crippen LogP contribution in [0.1, 0.15) is 12.5 Å². The van der Waals surface area contributed by atoms with Crippen molar-refractivity contribution in [1.29, 1.82) is 0 Å². The largest absolute Gasteiger partial charge is 0.453 e. The fourth-order valence-electron chi connectivity index (χ4n) is 1.61. The van der Waals surface area contributed by atoms with Crippen molar-refractivity contribution in [3.8, 4) is 0 Å². The molecule has 0 aromatic heterocycles. The summed E-state index contributed by atoms with van der Waals surface area (Å²) in [7, 11) is 1.30. The Kier molecular flexibility index (Phi) is 5.82. The van der Waals surface area contributed by atoms with E-state index in [1.54, 1.807) is 4.90 Å². The van der Waals surface area contributed by atoms with Crippen LogP contribution in [0.15, 0.2) is 22.7 Å². The summed E-state index contributed by atoms with van der Waals surface area (Å²) < 4.78 is 5.47. The van der Waals surface area contributed by atoms with Crippen molar-refractivity contribution in [3.63, 3.8) is 0 Å². The van der Waals surface area contributed by atoms with E-state index in [9.17, 15) is 9.59 Å². The number of ether oxygens (including phenoxy) is 1. The second-order valence-electron chi connectivity index (χ2n) is 4.02. The minimum absolute atomic E-state index is 0.0756. The lowest BCUT2D eigenvalue weighted by Gasteiger charge is -2.22. The number of amides is 2. The van der Waals surface area contributed by atoms with Gasteiger partial charge in [-0.2, -0.15) is 0 Å². The molecule has 1 rings (SSSR count). The lowest BCUT2D eigenvalue weighted by atomic mass is 10.2. The molecule has 0 spiro atoms. The van der Waals surface area contributed by atoms with Gasteiger partial charge in [-0.1, -0.05) is 15.9 Å². The number of hydrogen-bond donors (Lipinski definition) is 1. The topological polar surface area (TPSA) is 58.6 Å². The van der Waals surface area contributed by atoms with E-state index in [0.717, 1.165) is 15.7 Å². The van der Waals surface area contributed by atoms with Crippen molar-refractivity contribution in [2.45, 2.75) is 13.8 Å². The molecule has 0 saturated heterocycles. The Balaban J connectivity index is 2.74. The van der Waals surface area contributed by atoms with Crippen molar-refractivity contribution >= 4 is 33.6 Å². The van der Waals surface area contributed by atoms with Gasteiger partial charge in [-0.3, -0.25) is 4.79 Å². The van der Waals surface area contributed by atoms with Gasteiger partial charge in [-0.15, -0.1) is 0 Å². The van der Waals surface area contributed by atoms with E-state index in [0.29, 0.717) is 13.1 Å². The van der Waals surface area contributed by atoms with Crippen LogP contribution in [0.2, 0.25) is 0 Å². The Morgan fingerprint density at radius 1 is 1.42 bits per heavy atom. The number of nitrogens with one attached hydrogen (secondary N) is 1. The Morgan fingerprint density at radius 3 is 2.63 bits per heavy atom. The lowest BCUT2D eigenvalue weighted by Crippen LogP contribution is -2.37. The number of hydrogen-bond acceptors (Lipinski definition) is 3. The molecule has 2 amide bonds. The summed E-state index contributed by atoms with van der Waals surface area (Å²) in [5.74, 6) is -0.0756. The van der Waals surface area contributed by atoms with E-state index >= 15 is 0 Å². The van der Waals surface area contributed by atoms with E-state index in [1.165, 1.54) is 14.0 Å². The van der Waals surface area contributed by atoms with Gasteiger partial charge in [-0.05, 0) is 30.7 Å². The first-order chi connectivity index (χ1) is 8.95. The first kappa shape index (κ1) is 15.5. The molecule has 0 atom stereocenters. The molecule has 0 bridgehead atoms. The van der Waals surface area contributed by atoms with E-state index in [4.69, 9.17) is 0 Å². The van der Waals surface area contributed by atoms with Crippen molar-refractivity contribution in [2.75, 3.05) is 25.1 Å².